The molecule has 6 nitrogen and oxygen atoms in total. The van der Waals surface area contributed by atoms with Crippen LogP contribution >= 0.6 is 0 Å². The summed E-state index contributed by atoms with van der Waals surface area (Å²) in [7, 11) is -2.07. The summed E-state index contributed by atoms with van der Waals surface area (Å²) in [5.41, 5.74) is 0.358. The zero-order valence-corrected chi connectivity index (χ0v) is 28.3. The van der Waals surface area contributed by atoms with Crippen molar-refractivity contribution in [2.24, 2.45) is 0 Å². The highest BCUT2D eigenvalue weighted by Gasteiger charge is 2.42. The molecule has 8 heteroatoms. The summed E-state index contributed by atoms with van der Waals surface area (Å²) in [4.78, 5) is 15.1. The normalized spacial score (nSPS) is 13.7. The fourth-order valence-corrected chi connectivity index (χ4v) is 10.6. The molecular weight excluding hydrogens is 561 g/mol. The number of ether oxygens (including phenoxy) is 2. The summed E-state index contributed by atoms with van der Waals surface area (Å²) >= 11 is 0. The molecule has 42 heavy (non-hydrogen) atoms. The van der Waals surface area contributed by atoms with Gasteiger partial charge in [-0.15, -0.1) is 0 Å². The highest BCUT2D eigenvalue weighted by atomic mass is 32.2. The number of methoxy groups -OCH3 is 1. The van der Waals surface area contributed by atoms with Gasteiger partial charge in [-0.25, -0.2) is 13.7 Å². The fraction of sp³-hybridized carbons (Fsp3) is 0.441. The van der Waals surface area contributed by atoms with Crippen molar-refractivity contribution in [3.8, 4) is 5.75 Å². The molecule has 0 bridgehead atoms. The lowest BCUT2D eigenvalue weighted by Crippen LogP contribution is -2.69. The van der Waals surface area contributed by atoms with Crippen molar-refractivity contribution in [2.75, 3.05) is 13.7 Å². The van der Waals surface area contributed by atoms with Gasteiger partial charge in [-0.2, -0.15) is 0 Å². The van der Waals surface area contributed by atoms with Crippen molar-refractivity contribution in [3.63, 3.8) is 0 Å². The third kappa shape index (κ3) is 9.28. The molecule has 0 aliphatic carbocycles. The Balaban J connectivity index is 1.93. The van der Waals surface area contributed by atoms with E-state index in [1.54, 1.807) is 12.0 Å². The van der Waals surface area contributed by atoms with E-state index in [-0.39, 0.29) is 11.8 Å². The summed E-state index contributed by atoms with van der Waals surface area (Å²) < 4.78 is 27.8. The molecule has 3 aromatic rings. The predicted molar refractivity (Wildman–Crippen MR) is 177 cm³/mol. The molecule has 0 radical (unpaired) electrons. The Bertz CT molecular complexity index is 1250. The second kappa shape index (κ2) is 14.5. The van der Waals surface area contributed by atoms with E-state index in [2.05, 4.69) is 59.8 Å². The van der Waals surface area contributed by atoms with E-state index in [0.29, 0.717) is 13.1 Å². The third-order valence-electron chi connectivity index (χ3n) is 7.35. The largest absolute Gasteiger partial charge is 0.497 e. The molecule has 0 fully saturated rings. The summed E-state index contributed by atoms with van der Waals surface area (Å²) in [6.45, 7) is 14.9. The van der Waals surface area contributed by atoms with E-state index >= 15 is 0 Å². The smallest absolute Gasteiger partial charge is 0.410 e. The summed E-state index contributed by atoms with van der Waals surface area (Å²) in [5, 5.41) is 2.56. The molecule has 0 heterocycles. The highest BCUT2D eigenvalue weighted by Crippen LogP contribution is 2.21. The van der Waals surface area contributed by atoms with Gasteiger partial charge in [0.25, 0.3) is 0 Å². The average molecular weight is 609 g/mol. The van der Waals surface area contributed by atoms with Crippen molar-refractivity contribution in [1.82, 2.24) is 9.62 Å². The van der Waals surface area contributed by atoms with Crippen molar-refractivity contribution < 1.29 is 18.5 Å². The first-order valence-electron chi connectivity index (χ1n) is 14.6. The van der Waals surface area contributed by atoms with E-state index in [1.165, 1.54) is 10.4 Å². The third-order valence-corrected chi connectivity index (χ3v) is 14.1. The van der Waals surface area contributed by atoms with Crippen molar-refractivity contribution in [2.45, 2.75) is 83.5 Å². The number of nitrogens with one attached hydrogen (secondary N) is 1. The number of hydrogen-bond acceptors (Lipinski definition) is 4. The Labute approximate surface area is 256 Å². The van der Waals surface area contributed by atoms with E-state index in [9.17, 15) is 9.00 Å². The molecule has 0 aromatic heterocycles. The predicted octanol–water partition coefficient (Wildman–Crippen LogP) is 6.07. The summed E-state index contributed by atoms with van der Waals surface area (Å²) in [6, 6.07) is 29.0. The topological polar surface area (TPSA) is 67.9 Å². The summed E-state index contributed by atoms with van der Waals surface area (Å²) in [6.07, 6.45) is 1.12. The van der Waals surface area contributed by atoms with Crippen LogP contribution in [-0.2, 0) is 22.3 Å². The van der Waals surface area contributed by atoms with Crippen LogP contribution in [0.3, 0.4) is 0 Å². The van der Waals surface area contributed by atoms with Crippen molar-refractivity contribution in [3.05, 3.63) is 90.5 Å². The number of rotatable bonds is 12. The monoisotopic (exact) mass is 608 g/mol. The number of hydrogen-bond donors (Lipinski definition) is 1. The van der Waals surface area contributed by atoms with Crippen LogP contribution < -0.4 is 19.8 Å². The van der Waals surface area contributed by atoms with Gasteiger partial charge in [-0.05, 0) is 72.1 Å². The maximum Gasteiger partial charge on any atom is 0.410 e. The number of carbonyl (C=O) groups excluding carboxylic acids is 1. The fourth-order valence-electron chi connectivity index (χ4n) is 4.91. The van der Waals surface area contributed by atoms with Gasteiger partial charge in [-0.3, -0.25) is 0 Å². The Hall–Kier alpha value is -2.94. The molecule has 0 saturated carbocycles. The van der Waals surface area contributed by atoms with Crippen molar-refractivity contribution in [1.29, 1.82) is 0 Å². The number of amides is 1. The number of benzene rings is 3. The first-order valence-corrected chi connectivity index (χ1v) is 18.4. The SMILES string of the molecule is COc1ccc(CN(CCC[C@H](N[S@](=O)C(C)(C)C)[Si](C)(c2ccccc2)c2ccccc2)C(=O)OC(C)(C)C)cc1. The molecule has 228 valence electrons. The number of carbonyl (C=O) groups is 1. The highest BCUT2D eigenvalue weighted by molar-refractivity contribution is 7.84. The molecule has 1 amide bonds. The van der Waals surface area contributed by atoms with Crippen LogP contribution in [0, 0.1) is 0 Å². The zero-order valence-electron chi connectivity index (χ0n) is 26.5. The van der Waals surface area contributed by atoms with E-state index in [1.807, 2.05) is 77.9 Å². The zero-order chi connectivity index (χ0) is 31.0. The minimum Gasteiger partial charge on any atom is -0.497 e. The van der Waals surface area contributed by atoms with E-state index in [0.717, 1.165) is 24.2 Å². The number of nitrogens with zero attached hydrogens (tertiary/aromatic N) is 1. The Morgan fingerprint density at radius 2 is 1.40 bits per heavy atom. The molecule has 3 rings (SSSR count). The molecule has 0 spiro atoms. The van der Waals surface area contributed by atoms with Gasteiger partial charge < -0.3 is 14.4 Å². The molecule has 0 aliphatic heterocycles. The molecule has 0 saturated heterocycles. The van der Waals surface area contributed by atoms with E-state index < -0.39 is 29.4 Å². The first kappa shape index (κ1) is 33.6. The average Bonchev–Trinajstić information content (AvgIpc) is 2.95. The maximum atomic E-state index is 13.6. The van der Waals surface area contributed by atoms with Gasteiger partial charge in [0.2, 0.25) is 0 Å². The minimum atomic E-state index is -2.45. The van der Waals surface area contributed by atoms with Crippen LogP contribution in [0.1, 0.15) is 59.9 Å². The molecule has 1 N–H and O–H groups in total. The molecule has 3 aromatic carbocycles. The van der Waals surface area contributed by atoms with Gasteiger partial charge in [0.15, 0.2) is 0 Å². The lowest BCUT2D eigenvalue weighted by molar-refractivity contribution is 0.0230. The van der Waals surface area contributed by atoms with Gasteiger partial charge in [0.05, 0.1) is 22.8 Å². The minimum absolute atomic E-state index is 0.0381. The second-order valence-electron chi connectivity index (χ2n) is 12.9. The van der Waals surface area contributed by atoms with Crippen molar-refractivity contribution >= 4 is 35.5 Å². The lowest BCUT2D eigenvalue weighted by atomic mass is 10.2. The first-order chi connectivity index (χ1) is 19.7. The second-order valence-corrected chi connectivity index (χ2v) is 19.1. The van der Waals surface area contributed by atoms with Crippen LogP contribution in [0.5, 0.6) is 5.75 Å². The molecule has 0 aliphatic rings. The lowest BCUT2D eigenvalue weighted by Gasteiger charge is -2.39. The Kier molecular flexibility index (Phi) is 11.6. The maximum absolute atomic E-state index is 13.6. The molecule has 0 unspecified atom stereocenters. The quantitative estimate of drug-likeness (QED) is 0.254. The van der Waals surface area contributed by atoms with Crippen LogP contribution in [0.2, 0.25) is 6.55 Å². The van der Waals surface area contributed by atoms with Crippen LogP contribution in [0.25, 0.3) is 0 Å². The molecule has 2 atom stereocenters. The van der Waals surface area contributed by atoms with Gasteiger partial charge in [0.1, 0.15) is 19.4 Å². The van der Waals surface area contributed by atoms with Crippen LogP contribution in [0.15, 0.2) is 84.9 Å². The van der Waals surface area contributed by atoms with Gasteiger partial charge >= 0.3 is 6.09 Å². The Morgan fingerprint density at radius 3 is 1.86 bits per heavy atom. The summed E-state index contributed by atoms with van der Waals surface area (Å²) in [5.74, 6) is 0.773. The Morgan fingerprint density at radius 1 is 0.881 bits per heavy atom. The van der Waals surface area contributed by atoms with Crippen LogP contribution in [-0.4, -0.2) is 52.9 Å². The van der Waals surface area contributed by atoms with Gasteiger partial charge in [0, 0.05) is 18.8 Å². The van der Waals surface area contributed by atoms with Gasteiger partial charge in [-0.1, -0.05) is 89.7 Å². The molecular formula is C34H48N2O4SSi. The standard InChI is InChI=1S/C34H48N2O4SSi/c1-33(2,3)40-32(37)36(26-27-21-23-28(39-7)24-22-27)25-15-20-31(35-41(38)34(4,5)6)42(8,29-16-11-9-12-17-29)30-18-13-10-14-19-30/h9-14,16-19,21-24,31,35H,15,20,25-26H2,1-8H3/t31-,41-/m1/s1. The van der Waals surface area contributed by atoms with Crippen LogP contribution in [0.4, 0.5) is 4.79 Å². The van der Waals surface area contributed by atoms with E-state index in [4.69, 9.17) is 9.47 Å².